The summed E-state index contributed by atoms with van der Waals surface area (Å²) in [5, 5.41) is 6.44. The number of thiazole rings is 1. The highest BCUT2D eigenvalue weighted by Gasteiger charge is 2.12. The minimum absolute atomic E-state index is 0.242. The molecule has 1 atom stereocenters. The maximum Gasteiger partial charge on any atom is 0.0944 e. The topological polar surface area (TPSA) is 37.8 Å². The Bertz CT molecular complexity index is 439. The van der Waals surface area contributed by atoms with Crippen LogP contribution in [0, 0.1) is 6.92 Å². The van der Waals surface area contributed by atoms with E-state index in [4.69, 9.17) is 0 Å². The standard InChI is InChI=1S/C12H15N3S/c1-9-4-3-5-10(15-9)11(13-2)8-12-14-6-7-16-12/h3-7,11,13H,8H2,1-2H3. The maximum absolute atomic E-state index is 4.54. The number of likely N-dealkylation sites (N-methyl/N-ethyl adjacent to an activating group) is 1. The first kappa shape index (κ1) is 11.2. The van der Waals surface area contributed by atoms with Crippen molar-refractivity contribution in [1.82, 2.24) is 15.3 Å². The smallest absolute Gasteiger partial charge is 0.0944 e. The van der Waals surface area contributed by atoms with Crippen LogP contribution in [0.15, 0.2) is 29.8 Å². The molecule has 0 radical (unpaired) electrons. The number of aryl methyl sites for hydroxylation is 1. The SMILES string of the molecule is CNC(Cc1nccs1)c1cccc(C)n1. The van der Waals surface area contributed by atoms with Crippen molar-refractivity contribution in [3.8, 4) is 0 Å². The molecular weight excluding hydrogens is 218 g/mol. The van der Waals surface area contributed by atoms with Gasteiger partial charge < -0.3 is 5.32 Å². The number of hydrogen-bond donors (Lipinski definition) is 1. The first-order valence-corrected chi connectivity index (χ1v) is 6.17. The summed E-state index contributed by atoms with van der Waals surface area (Å²) in [6, 6.07) is 6.36. The van der Waals surface area contributed by atoms with Crippen molar-refractivity contribution in [1.29, 1.82) is 0 Å². The lowest BCUT2D eigenvalue weighted by molar-refractivity contribution is 0.573. The molecule has 0 saturated carbocycles. The van der Waals surface area contributed by atoms with E-state index in [0.29, 0.717) is 0 Å². The van der Waals surface area contributed by atoms with Crippen molar-refractivity contribution >= 4 is 11.3 Å². The second kappa shape index (κ2) is 5.18. The molecule has 4 heteroatoms. The summed E-state index contributed by atoms with van der Waals surface area (Å²) in [6.07, 6.45) is 2.74. The van der Waals surface area contributed by atoms with Gasteiger partial charge in [-0.05, 0) is 26.1 Å². The molecule has 0 aliphatic carbocycles. The Morgan fingerprint density at radius 2 is 2.31 bits per heavy atom. The molecule has 2 rings (SSSR count). The van der Waals surface area contributed by atoms with E-state index >= 15 is 0 Å². The molecule has 3 nitrogen and oxygen atoms in total. The van der Waals surface area contributed by atoms with Gasteiger partial charge in [-0.1, -0.05) is 6.07 Å². The number of nitrogens with one attached hydrogen (secondary N) is 1. The van der Waals surface area contributed by atoms with Gasteiger partial charge in [0.1, 0.15) is 0 Å². The van der Waals surface area contributed by atoms with E-state index in [-0.39, 0.29) is 6.04 Å². The maximum atomic E-state index is 4.54. The first-order valence-electron chi connectivity index (χ1n) is 5.29. The second-order valence-corrected chi connectivity index (χ2v) is 4.65. The molecule has 0 aliphatic rings. The van der Waals surface area contributed by atoms with E-state index in [1.165, 1.54) is 0 Å². The van der Waals surface area contributed by atoms with Gasteiger partial charge in [-0.2, -0.15) is 0 Å². The van der Waals surface area contributed by atoms with Crippen molar-refractivity contribution in [3.63, 3.8) is 0 Å². The summed E-state index contributed by atoms with van der Waals surface area (Å²) in [4.78, 5) is 8.84. The quantitative estimate of drug-likeness (QED) is 0.881. The highest BCUT2D eigenvalue weighted by atomic mass is 32.1. The van der Waals surface area contributed by atoms with Gasteiger partial charge in [0.05, 0.1) is 16.7 Å². The lowest BCUT2D eigenvalue weighted by Gasteiger charge is -2.14. The van der Waals surface area contributed by atoms with Gasteiger partial charge in [0.25, 0.3) is 0 Å². The van der Waals surface area contributed by atoms with Crippen molar-refractivity contribution in [3.05, 3.63) is 46.2 Å². The van der Waals surface area contributed by atoms with Crippen molar-refractivity contribution in [2.45, 2.75) is 19.4 Å². The van der Waals surface area contributed by atoms with E-state index in [0.717, 1.165) is 22.8 Å². The first-order chi connectivity index (χ1) is 7.79. The van der Waals surface area contributed by atoms with Crippen LogP contribution in [-0.4, -0.2) is 17.0 Å². The Labute approximate surface area is 99.6 Å². The zero-order chi connectivity index (χ0) is 11.4. The Morgan fingerprint density at radius 3 is 2.94 bits per heavy atom. The van der Waals surface area contributed by atoms with Crippen LogP contribution in [0.4, 0.5) is 0 Å². The molecule has 1 N–H and O–H groups in total. The average Bonchev–Trinajstić information content (AvgIpc) is 2.78. The predicted molar refractivity (Wildman–Crippen MR) is 66.6 cm³/mol. The molecule has 0 bridgehead atoms. The fraction of sp³-hybridized carbons (Fsp3) is 0.333. The molecule has 0 spiro atoms. The molecule has 0 aromatic carbocycles. The molecule has 16 heavy (non-hydrogen) atoms. The summed E-state index contributed by atoms with van der Waals surface area (Å²) in [5.74, 6) is 0. The minimum atomic E-state index is 0.242. The Morgan fingerprint density at radius 1 is 1.44 bits per heavy atom. The molecule has 2 aromatic rings. The highest BCUT2D eigenvalue weighted by molar-refractivity contribution is 7.09. The van der Waals surface area contributed by atoms with E-state index in [9.17, 15) is 0 Å². The third-order valence-electron chi connectivity index (χ3n) is 2.48. The second-order valence-electron chi connectivity index (χ2n) is 3.68. The van der Waals surface area contributed by atoms with Crippen LogP contribution >= 0.6 is 11.3 Å². The largest absolute Gasteiger partial charge is 0.311 e. The summed E-state index contributed by atoms with van der Waals surface area (Å²) >= 11 is 1.69. The minimum Gasteiger partial charge on any atom is -0.311 e. The van der Waals surface area contributed by atoms with Gasteiger partial charge in [-0.3, -0.25) is 4.98 Å². The van der Waals surface area contributed by atoms with E-state index in [1.807, 2.05) is 37.7 Å². The van der Waals surface area contributed by atoms with Crippen molar-refractivity contribution in [2.24, 2.45) is 0 Å². The Balaban J connectivity index is 2.16. The number of rotatable bonds is 4. The van der Waals surface area contributed by atoms with Crippen LogP contribution in [-0.2, 0) is 6.42 Å². The molecule has 2 heterocycles. The zero-order valence-electron chi connectivity index (χ0n) is 9.47. The van der Waals surface area contributed by atoms with Gasteiger partial charge in [0.2, 0.25) is 0 Å². The van der Waals surface area contributed by atoms with Gasteiger partial charge in [0, 0.05) is 23.7 Å². The fourth-order valence-corrected chi connectivity index (χ4v) is 2.30. The highest BCUT2D eigenvalue weighted by Crippen LogP contribution is 2.17. The van der Waals surface area contributed by atoms with E-state index in [2.05, 4.69) is 21.4 Å². The number of nitrogens with zero attached hydrogens (tertiary/aromatic N) is 2. The fourth-order valence-electron chi connectivity index (χ4n) is 1.64. The molecule has 0 fully saturated rings. The number of pyridine rings is 1. The van der Waals surface area contributed by atoms with Gasteiger partial charge in [-0.25, -0.2) is 4.98 Å². The van der Waals surface area contributed by atoms with Gasteiger partial charge in [0.15, 0.2) is 0 Å². The van der Waals surface area contributed by atoms with Crippen LogP contribution in [0.2, 0.25) is 0 Å². The third kappa shape index (κ3) is 2.65. The summed E-state index contributed by atoms with van der Waals surface area (Å²) < 4.78 is 0. The van der Waals surface area contributed by atoms with Crippen LogP contribution in [0.1, 0.15) is 22.4 Å². The third-order valence-corrected chi connectivity index (χ3v) is 3.28. The van der Waals surface area contributed by atoms with Gasteiger partial charge in [-0.15, -0.1) is 11.3 Å². The van der Waals surface area contributed by atoms with Crippen LogP contribution < -0.4 is 5.32 Å². The van der Waals surface area contributed by atoms with Gasteiger partial charge >= 0.3 is 0 Å². The zero-order valence-corrected chi connectivity index (χ0v) is 10.3. The van der Waals surface area contributed by atoms with Crippen LogP contribution in [0.3, 0.4) is 0 Å². The molecule has 84 valence electrons. The molecular formula is C12H15N3S. The summed E-state index contributed by atoms with van der Waals surface area (Å²) in [5.41, 5.74) is 2.13. The van der Waals surface area contributed by atoms with Crippen LogP contribution in [0.25, 0.3) is 0 Å². The molecule has 0 saturated heterocycles. The normalized spacial score (nSPS) is 12.6. The lowest BCUT2D eigenvalue weighted by atomic mass is 10.1. The van der Waals surface area contributed by atoms with Crippen molar-refractivity contribution in [2.75, 3.05) is 7.05 Å². The molecule has 2 aromatic heterocycles. The van der Waals surface area contributed by atoms with E-state index in [1.54, 1.807) is 11.3 Å². The molecule has 0 aliphatic heterocycles. The molecule has 1 unspecified atom stereocenters. The summed E-state index contributed by atoms with van der Waals surface area (Å²) in [7, 11) is 1.96. The van der Waals surface area contributed by atoms with Crippen molar-refractivity contribution < 1.29 is 0 Å². The number of hydrogen-bond acceptors (Lipinski definition) is 4. The summed E-state index contributed by atoms with van der Waals surface area (Å²) in [6.45, 7) is 2.01. The molecule has 0 amide bonds. The van der Waals surface area contributed by atoms with Crippen LogP contribution in [0.5, 0.6) is 0 Å². The monoisotopic (exact) mass is 233 g/mol. The predicted octanol–water partition coefficient (Wildman–Crippen LogP) is 2.35. The lowest BCUT2D eigenvalue weighted by Crippen LogP contribution is -2.20. The Kier molecular flexibility index (Phi) is 3.64. The Hall–Kier alpha value is -1.26. The average molecular weight is 233 g/mol. The van der Waals surface area contributed by atoms with E-state index < -0.39 is 0 Å². The number of aromatic nitrogens is 2.